The number of aromatic nitrogens is 1. The van der Waals surface area contributed by atoms with E-state index >= 15 is 0 Å². The maximum Gasteiger partial charge on any atom is 0.0897 e. The fourth-order valence-corrected chi connectivity index (χ4v) is 2.46. The number of pyridine rings is 1. The number of hydrazine groups is 1. The molecular weight excluding hydrogens is 328 g/mol. The highest BCUT2D eigenvalue weighted by Gasteiger charge is 2.18. The Morgan fingerprint density at radius 1 is 1.00 bits per heavy atom. The van der Waals surface area contributed by atoms with Crippen LogP contribution in [-0.2, 0) is 0 Å². The summed E-state index contributed by atoms with van der Waals surface area (Å²) in [4.78, 5) is 4.19. The van der Waals surface area contributed by atoms with E-state index in [0.717, 1.165) is 5.56 Å². The standard InChI is InChI=1S/C12H9Cl4N3/c13-7-4-10(16)12(18-5-7)11(19-17)6-1-2-8(14)9(15)3-6/h1-5,11,19H,17H2. The Morgan fingerprint density at radius 3 is 2.32 bits per heavy atom. The van der Waals surface area contributed by atoms with Crippen LogP contribution in [0.4, 0.5) is 0 Å². The number of hydrogen-bond donors (Lipinski definition) is 2. The molecule has 0 radical (unpaired) electrons. The summed E-state index contributed by atoms with van der Waals surface area (Å²) in [7, 11) is 0. The van der Waals surface area contributed by atoms with Gasteiger partial charge in [-0.1, -0.05) is 52.5 Å². The van der Waals surface area contributed by atoms with Crippen LogP contribution in [0.3, 0.4) is 0 Å². The molecule has 0 fully saturated rings. The van der Waals surface area contributed by atoms with Gasteiger partial charge in [-0.15, -0.1) is 0 Å². The highest BCUT2D eigenvalue weighted by molar-refractivity contribution is 6.42. The number of nitrogens with zero attached hydrogens (tertiary/aromatic N) is 1. The van der Waals surface area contributed by atoms with E-state index in [1.807, 2.05) is 0 Å². The zero-order chi connectivity index (χ0) is 14.0. The molecule has 3 nitrogen and oxygen atoms in total. The molecule has 1 aromatic carbocycles. The molecule has 2 aromatic rings. The zero-order valence-electron chi connectivity index (χ0n) is 9.50. The second kappa shape index (κ2) is 6.27. The molecule has 0 spiro atoms. The lowest BCUT2D eigenvalue weighted by molar-refractivity contribution is 0.621. The fraction of sp³-hybridized carbons (Fsp3) is 0.0833. The molecule has 7 heteroatoms. The van der Waals surface area contributed by atoms with Gasteiger partial charge in [-0.3, -0.25) is 10.8 Å². The van der Waals surface area contributed by atoms with Crippen molar-refractivity contribution in [3.05, 3.63) is 61.8 Å². The molecule has 1 unspecified atom stereocenters. The third-order valence-corrected chi connectivity index (χ3v) is 3.80. The van der Waals surface area contributed by atoms with Crippen molar-refractivity contribution in [2.24, 2.45) is 5.84 Å². The first-order chi connectivity index (χ1) is 9.02. The van der Waals surface area contributed by atoms with Crippen molar-refractivity contribution in [2.45, 2.75) is 6.04 Å². The molecular formula is C12H9Cl4N3. The van der Waals surface area contributed by atoms with Crippen LogP contribution in [0.2, 0.25) is 20.1 Å². The first-order valence-electron chi connectivity index (χ1n) is 5.25. The van der Waals surface area contributed by atoms with Gasteiger partial charge in [0.1, 0.15) is 0 Å². The Labute approximate surface area is 130 Å². The number of rotatable bonds is 3. The van der Waals surface area contributed by atoms with E-state index in [1.54, 1.807) is 24.3 Å². The third-order valence-electron chi connectivity index (χ3n) is 2.55. The van der Waals surface area contributed by atoms with Crippen molar-refractivity contribution in [1.82, 2.24) is 10.4 Å². The summed E-state index contributed by atoms with van der Waals surface area (Å²) in [5.74, 6) is 5.57. The van der Waals surface area contributed by atoms with Crippen LogP contribution in [0.25, 0.3) is 0 Å². The van der Waals surface area contributed by atoms with E-state index < -0.39 is 6.04 Å². The maximum absolute atomic E-state index is 6.12. The van der Waals surface area contributed by atoms with E-state index in [-0.39, 0.29) is 0 Å². The lowest BCUT2D eigenvalue weighted by Gasteiger charge is -2.17. The van der Waals surface area contributed by atoms with Crippen molar-refractivity contribution in [3.8, 4) is 0 Å². The molecule has 1 atom stereocenters. The summed E-state index contributed by atoms with van der Waals surface area (Å²) in [5, 5.41) is 1.78. The van der Waals surface area contributed by atoms with Crippen LogP contribution < -0.4 is 11.3 Å². The smallest absolute Gasteiger partial charge is 0.0897 e. The van der Waals surface area contributed by atoms with Crippen molar-refractivity contribution < 1.29 is 0 Å². The van der Waals surface area contributed by atoms with E-state index in [4.69, 9.17) is 52.2 Å². The summed E-state index contributed by atoms with van der Waals surface area (Å²) >= 11 is 23.8. The van der Waals surface area contributed by atoms with Gasteiger partial charge in [0, 0.05) is 6.20 Å². The van der Waals surface area contributed by atoms with Gasteiger partial charge >= 0.3 is 0 Å². The molecule has 0 aliphatic heterocycles. The number of benzene rings is 1. The Morgan fingerprint density at radius 2 is 1.74 bits per heavy atom. The van der Waals surface area contributed by atoms with Gasteiger partial charge in [0.2, 0.25) is 0 Å². The number of nitrogens with one attached hydrogen (secondary N) is 1. The summed E-state index contributed by atoms with van der Waals surface area (Å²) in [6.07, 6.45) is 1.50. The highest BCUT2D eigenvalue weighted by Crippen LogP contribution is 2.31. The van der Waals surface area contributed by atoms with Crippen LogP contribution in [0, 0.1) is 0 Å². The quantitative estimate of drug-likeness (QED) is 0.650. The molecule has 0 amide bonds. The van der Waals surface area contributed by atoms with E-state index in [9.17, 15) is 0 Å². The van der Waals surface area contributed by atoms with Crippen molar-refractivity contribution >= 4 is 46.4 Å². The maximum atomic E-state index is 6.12. The normalized spacial score (nSPS) is 12.5. The first-order valence-corrected chi connectivity index (χ1v) is 6.76. The molecule has 0 saturated carbocycles. The molecule has 0 aliphatic rings. The summed E-state index contributed by atoms with van der Waals surface area (Å²) in [6, 6.07) is 6.40. The van der Waals surface area contributed by atoms with Crippen LogP contribution in [0.15, 0.2) is 30.5 Å². The van der Waals surface area contributed by atoms with Gasteiger partial charge in [0.15, 0.2) is 0 Å². The average molecular weight is 337 g/mol. The van der Waals surface area contributed by atoms with Crippen LogP contribution >= 0.6 is 46.4 Å². The third kappa shape index (κ3) is 3.31. The van der Waals surface area contributed by atoms with Crippen LogP contribution in [0.1, 0.15) is 17.3 Å². The van der Waals surface area contributed by atoms with Crippen LogP contribution in [0.5, 0.6) is 0 Å². The van der Waals surface area contributed by atoms with Crippen molar-refractivity contribution in [2.75, 3.05) is 0 Å². The lowest BCUT2D eigenvalue weighted by atomic mass is 10.0. The molecule has 100 valence electrons. The van der Waals surface area contributed by atoms with Gasteiger partial charge in [-0.05, 0) is 23.8 Å². The lowest BCUT2D eigenvalue weighted by Crippen LogP contribution is -2.29. The second-order valence-electron chi connectivity index (χ2n) is 3.79. The minimum atomic E-state index is -0.403. The first kappa shape index (κ1) is 14.9. The number of halogens is 4. The number of nitrogens with two attached hydrogens (primary N) is 1. The average Bonchev–Trinajstić information content (AvgIpc) is 2.37. The van der Waals surface area contributed by atoms with Gasteiger partial charge in [0.25, 0.3) is 0 Å². The number of hydrogen-bond acceptors (Lipinski definition) is 3. The minimum absolute atomic E-state index is 0.403. The van der Waals surface area contributed by atoms with E-state index in [2.05, 4.69) is 10.4 Å². The Hall–Kier alpha value is -0.550. The molecule has 3 N–H and O–H groups in total. The predicted octanol–water partition coefficient (Wildman–Crippen LogP) is 4.25. The van der Waals surface area contributed by atoms with Crippen molar-refractivity contribution in [3.63, 3.8) is 0 Å². The van der Waals surface area contributed by atoms with Gasteiger partial charge in [-0.2, -0.15) is 0 Å². The van der Waals surface area contributed by atoms with Gasteiger partial charge < -0.3 is 0 Å². The Balaban J connectivity index is 2.46. The van der Waals surface area contributed by atoms with Gasteiger partial charge in [0.05, 0.1) is 31.8 Å². The summed E-state index contributed by atoms with van der Waals surface area (Å²) < 4.78 is 0. The molecule has 1 aromatic heterocycles. The molecule has 0 aliphatic carbocycles. The Kier molecular flexibility index (Phi) is 4.90. The topological polar surface area (TPSA) is 50.9 Å². The molecule has 1 heterocycles. The minimum Gasteiger partial charge on any atom is -0.271 e. The summed E-state index contributed by atoms with van der Waals surface area (Å²) in [6.45, 7) is 0. The SMILES string of the molecule is NNC(c1ccc(Cl)c(Cl)c1)c1ncc(Cl)cc1Cl. The molecule has 0 bridgehead atoms. The van der Waals surface area contributed by atoms with Gasteiger partial charge in [-0.25, -0.2) is 5.43 Å². The molecule has 2 rings (SSSR count). The molecule has 0 saturated heterocycles. The largest absolute Gasteiger partial charge is 0.271 e. The van der Waals surface area contributed by atoms with E-state index in [1.165, 1.54) is 6.20 Å². The van der Waals surface area contributed by atoms with Crippen LogP contribution in [-0.4, -0.2) is 4.98 Å². The molecule has 19 heavy (non-hydrogen) atoms. The monoisotopic (exact) mass is 335 g/mol. The zero-order valence-corrected chi connectivity index (χ0v) is 12.5. The highest BCUT2D eigenvalue weighted by atomic mass is 35.5. The van der Waals surface area contributed by atoms with Crippen molar-refractivity contribution in [1.29, 1.82) is 0 Å². The predicted molar refractivity (Wildman–Crippen MR) is 79.9 cm³/mol. The summed E-state index contributed by atoms with van der Waals surface area (Å²) in [5.41, 5.74) is 4.01. The fourth-order valence-electron chi connectivity index (χ4n) is 1.66. The van der Waals surface area contributed by atoms with E-state index in [0.29, 0.717) is 25.8 Å². The second-order valence-corrected chi connectivity index (χ2v) is 5.45. The Bertz CT molecular complexity index is 604.